The summed E-state index contributed by atoms with van der Waals surface area (Å²) >= 11 is 5.98. The Labute approximate surface area is 112 Å². The van der Waals surface area contributed by atoms with Gasteiger partial charge in [0.1, 0.15) is 5.82 Å². The molecular formula is C12H18ClN5. The SMILES string of the molecule is Nc1ncc(Cl)cc1C(N)C1CN2CCN1CC2. The highest BCUT2D eigenvalue weighted by Crippen LogP contribution is 2.29. The van der Waals surface area contributed by atoms with Crippen LogP contribution in [0.4, 0.5) is 5.82 Å². The van der Waals surface area contributed by atoms with Crippen LogP contribution in [0.3, 0.4) is 0 Å². The Hall–Kier alpha value is -0.880. The van der Waals surface area contributed by atoms with Gasteiger partial charge in [0, 0.05) is 50.5 Å². The van der Waals surface area contributed by atoms with Crippen molar-refractivity contribution in [2.45, 2.75) is 12.1 Å². The Morgan fingerprint density at radius 2 is 2.06 bits per heavy atom. The van der Waals surface area contributed by atoms with Crippen LogP contribution >= 0.6 is 11.6 Å². The minimum atomic E-state index is -0.126. The zero-order valence-corrected chi connectivity index (χ0v) is 11.0. The summed E-state index contributed by atoms with van der Waals surface area (Å²) in [5, 5.41) is 0.589. The van der Waals surface area contributed by atoms with E-state index in [2.05, 4.69) is 14.8 Å². The summed E-state index contributed by atoms with van der Waals surface area (Å²) in [7, 11) is 0. The first kappa shape index (κ1) is 12.2. The van der Waals surface area contributed by atoms with E-state index in [-0.39, 0.29) is 6.04 Å². The monoisotopic (exact) mass is 267 g/mol. The first-order valence-corrected chi connectivity index (χ1v) is 6.66. The van der Waals surface area contributed by atoms with Crippen molar-refractivity contribution in [3.63, 3.8) is 0 Å². The van der Waals surface area contributed by atoms with Gasteiger partial charge in [0.05, 0.1) is 11.1 Å². The number of aromatic nitrogens is 1. The van der Waals surface area contributed by atoms with Crippen molar-refractivity contribution in [1.82, 2.24) is 14.8 Å². The lowest BCUT2D eigenvalue weighted by Crippen LogP contribution is -2.63. The number of halogens is 1. The maximum Gasteiger partial charge on any atom is 0.128 e. The van der Waals surface area contributed by atoms with Crippen molar-refractivity contribution in [3.05, 3.63) is 22.8 Å². The Morgan fingerprint density at radius 3 is 2.67 bits per heavy atom. The third-order valence-electron chi connectivity index (χ3n) is 4.01. The maximum atomic E-state index is 6.38. The number of piperazine rings is 3. The molecule has 0 radical (unpaired) electrons. The summed E-state index contributed by atoms with van der Waals surface area (Å²) in [5.74, 6) is 0.490. The molecule has 3 fully saturated rings. The van der Waals surface area contributed by atoms with E-state index in [1.54, 1.807) is 6.20 Å². The van der Waals surface area contributed by atoms with Gasteiger partial charge in [0.2, 0.25) is 0 Å². The smallest absolute Gasteiger partial charge is 0.128 e. The molecular weight excluding hydrogens is 250 g/mol. The molecule has 2 atom stereocenters. The van der Waals surface area contributed by atoms with Crippen LogP contribution in [0.15, 0.2) is 12.3 Å². The molecule has 2 bridgehead atoms. The van der Waals surface area contributed by atoms with Crippen molar-refractivity contribution in [2.24, 2.45) is 5.73 Å². The number of nitrogen functional groups attached to an aromatic ring is 1. The molecule has 3 aliphatic rings. The lowest BCUT2D eigenvalue weighted by Gasteiger charge is -2.49. The van der Waals surface area contributed by atoms with E-state index in [0.29, 0.717) is 16.9 Å². The highest BCUT2D eigenvalue weighted by atomic mass is 35.5. The lowest BCUT2D eigenvalue weighted by atomic mass is 9.95. The van der Waals surface area contributed by atoms with E-state index in [0.717, 1.165) is 38.3 Å². The van der Waals surface area contributed by atoms with Gasteiger partial charge in [0.25, 0.3) is 0 Å². The van der Waals surface area contributed by atoms with Gasteiger partial charge in [-0.1, -0.05) is 11.6 Å². The van der Waals surface area contributed by atoms with Crippen LogP contribution in [0.25, 0.3) is 0 Å². The number of hydrogen-bond acceptors (Lipinski definition) is 5. The fourth-order valence-corrected chi connectivity index (χ4v) is 3.10. The minimum absolute atomic E-state index is 0.126. The van der Waals surface area contributed by atoms with E-state index in [1.165, 1.54) is 0 Å². The normalized spacial score (nSPS) is 32.4. The third kappa shape index (κ3) is 2.07. The molecule has 4 heterocycles. The molecule has 1 aromatic rings. The van der Waals surface area contributed by atoms with Crippen molar-refractivity contribution >= 4 is 17.4 Å². The average Bonchev–Trinajstić information content (AvgIpc) is 2.42. The number of fused-ring (bicyclic) bond motifs is 3. The average molecular weight is 268 g/mol. The number of anilines is 1. The summed E-state index contributed by atoms with van der Waals surface area (Å²) < 4.78 is 0. The Morgan fingerprint density at radius 1 is 1.33 bits per heavy atom. The molecule has 3 aliphatic heterocycles. The molecule has 4 rings (SSSR count). The lowest BCUT2D eigenvalue weighted by molar-refractivity contribution is 0.00221. The van der Waals surface area contributed by atoms with Crippen molar-refractivity contribution in [2.75, 3.05) is 38.5 Å². The molecule has 18 heavy (non-hydrogen) atoms. The van der Waals surface area contributed by atoms with Crippen LogP contribution in [-0.2, 0) is 0 Å². The van der Waals surface area contributed by atoms with Crippen LogP contribution in [0.5, 0.6) is 0 Å². The van der Waals surface area contributed by atoms with Crippen LogP contribution in [0.2, 0.25) is 5.02 Å². The predicted octanol–water partition coefficient (Wildman–Crippen LogP) is 0.317. The van der Waals surface area contributed by atoms with E-state index in [4.69, 9.17) is 23.1 Å². The highest BCUT2D eigenvalue weighted by molar-refractivity contribution is 6.30. The van der Waals surface area contributed by atoms with Crippen LogP contribution in [-0.4, -0.2) is 53.5 Å². The quantitative estimate of drug-likeness (QED) is 0.807. The molecule has 0 aromatic carbocycles. The molecule has 2 unspecified atom stereocenters. The highest BCUT2D eigenvalue weighted by Gasteiger charge is 2.36. The number of rotatable bonds is 2. The fraction of sp³-hybridized carbons (Fsp3) is 0.583. The number of pyridine rings is 1. The summed E-state index contributed by atoms with van der Waals surface area (Å²) in [6.07, 6.45) is 1.56. The van der Waals surface area contributed by atoms with Crippen LogP contribution in [0, 0.1) is 0 Å². The summed E-state index contributed by atoms with van der Waals surface area (Å²) in [6.45, 7) is 5.48. The topological polar surface area (TPSA) is 71.4 Å². The van der Waals surface area contributed by atoms with Gasteiger partial charge in [0.15, 0.2) is 0 Å². The first-order valence-electron chi connectivity index (χ1n) is 6.28. The van der Waals surface area contributed by atoms with Gasteiger partial charge in [-0.25, -0.2) is 4.98 Å². The van der Waals surface area contributed by atoms with E-state index in [1.807, 2.05) is 6.07 Å². The van der Waals surface area contributed by atoms with Crippen molar-refractivity contribution in [1.29, 1.82) is 0 Å². The van der Waals surface area contributed by atoms with Crippen LogP contribution in [0.1, 0.15) is 11.6 Å². The molecule has 3 saturated heterocycles. The second kappa shape index (κ2) is 4.66. The maximum absolute atomic E-state index is 6.38. The van der Waals surface area contributed by atoms with Gasteiger partial charge in [-0.3, -0.25) is 9.80 Å². The molecule has 98 valence electrons. The van der Waals surface area contributed by atoms with E-state index in [9.17, 15) is 0 Å². The number of nitrogens with two attached hydrogens (primary N) is 2. The Bertz CT molecular complexity index is 444. The molecule has 4 N–H and O–H groups in total. The first-order chi connectivity index (χ1) is 8.65. The molecule has 6 heteroatoms. The fourth-order valence-electron chi connectivity index (χ4n) is 2.94. The minimum Gasteiger partial charge on any atom is -0.383 e. The van der Waals surface area contributed by atoms with Gasteiger partial charge in [-0.2, -0.15) is 0 Å². The van der Waals surface area contributed by atoms with E-state index < -0.39 is 0 Å². The molecule has 0 amide bonds. The van der Waals surface area contributed by atoms with Crippen LogP contribution < -0.4 is 11.5 Å². The van der Waals surface area contributed by atoms with Gasteiger partial charge >= 0.3 is 0 Å². The second-order valence-corrected chi connectivity index (χ2v) is 5.49. The third-order valence-corrected chi connectivity index (χ3v) is 4.22. The van der Waals surface area contributed by atoms with Crippen molar-refractivity contribution in [3.8, 4) is 0 Å². The molecule has 0 aliphatic carbocycles. The predicted molar refractivity (Wildman–Crippen MR) is 72.4 cm³/mol. The summed E-state index contributed by atoms with van der Waals surface area (Å²) in [4.78, 5) is 9.00. The Kier molecular flexibility index (Phi) is 3.15. The second-order valence-electron chi connectivity index (χ2n) is 5.06. The number of nitrogens with zero attached hydrogens (tertiary/aromatic N) is 3. The standard InChI is InChI=1S/C12H18ClN5/c13-8-5-9(12(15)16-6-8)11(14)10-7-17-1-3-18(10)4-2-17/h5-6,10-11H,1-4,7,14H2,(H2,15,16). The van der Waals surface area contributed by atoms with Gasteiger partial charge in [-0.15, -0.1) is 0 Å². The van der Waals surface area contributed by atoms with Gasteiger partial charge < -0.3 is 11.5 Å². The van der Waals surface area contributed by atoms with Gasteiger partial charge in [-0.05, 0) is 6.07 Å². The van der Waals surface area contributed by atoms with E-state index >= 15 is 0 Å². The van der Waals surface area contributed by atoms with Crippen molar-refractivity contribution < 1.29 is 0 Å². The summed E-state index contributed by atoms with van der Waals surface area (Å²) in [6, 6.07) is 2.03. The molecule has 5 nitrogen and oxygen atoms in total. The summed E-state index contributed by atoms with van der Waals surface area (Å²) in [5.41, 5.74) is 13.2. The number of hydrogen-bond donors (Lipinski definition) is 2. The zero-order valence-electron chi connectivity index (χ0n) is 10.2. The zero-order chi connectivity index (χ0) is 12.7. The molecule has 0 spiro atoms. The molecule has 0 saturated carbocycles. The largest absolute Gasteiger partial charge is 0.383 e. The molecule has 1 aromatic heterocycles. The Balaban J connectivity index is 1.85.